The number of carboxylic acids is 1. The van der Waals surface area contributed by atoms with Crippen LogP contribution < -0.4 is 0 Å². The van der Waals surface area contributed by atoms with E-state index in [1.54, 1.807) is 0 Å². The summed E-state index contributed by atoms with van der Waals surface area (Å²) >= 11 is 0. The van der Waals surface area contributed by atoms with Crippen molar-refractivity contribution in [3.8, 4) is 0 Å². The molecule has 100 valence electrons. The third-order valence-electron chi connectivity index (χ3n) is 4.24. The number of piperidine rings is 1. The minimum atomic E-state index is -0.843. The molecule has 0 aromatic heterocycles. The molecular formula is C13H19NO4. The Kier molecular flexibility index (Phi) is 2.95. The highest BCUT2D eigenvalue weighted by Crippen LogP contribution is 2.63. The molecular weight excluding hydrogens is 234 g/mol. The van der Waals surface area contributed by atoms with Crippen molar-refractivity contribution in [1.29, 1.82) is 0 Å². The lowest BCUT2D eigenvalue weighted by molar-refractivity contribution is -0.143. The predicted molar refractivity (Wildman–Crippen MR) is 63.5 cm³/mol. The fraction of sp³-hybridized carbons (Fsp3) is 0.769. The number of hydrogen-bond donors (Lipinski definition) is 1. The highest BCUT2D eigenvalue weighted by atomic mass is 16.4. The van der Waals surface area contributed by atoms with E-state index in [1.807, 2.05) is 20.8 Å². The Morgan fingerprint density at radius 1 is 1.33 bits per heavy atom. The van der Waals surface area contributed by atoms with E-state index in [-0.39, 0.29) is 41.4 Å². The number of rotatable bonds is 5. The Bertz CT molecular complexity index is 391. The molecule has 0 aromatic rings. The van der Waals surface area contributed by atoms with E-state index in [0.29, 0.717) is 13.0 Å². The van der Waals surface area contributed by atoms with Gasteiger partial charge < -0.3 is 5.11 Å². The number of nitrogens with zero attached hydrogens (tertiary/aromatic N) is 1. The minimum absolute atomic E-state index is 0.0367. The monoisotopic (exact) mass is 253 g/mol. The van der Waals surface area contributed by atoms with Gasteiger partial charge in [-0.2, -0.15) is 0 Å². The Balaban J connectivity index is 1.91. The molecule has 2 amide bonds. The van der Waals surface area contributed by atoms with Crippen LogP contribution in [0.5, 0.6) is 0 Å². The first-order valence-corrected chi connectivity index (χ1v) is 6.33. The molecule has 2 rings (SSSR count). The van der Waals surface area contributed by atoms with Gasteiger partial charge in [-0.1, -0.05) is 20.8 Å². The molecule has 5 heteroatoms. The third kappa shape index (κ3) is 1.91. The van der Waals surface area contributed by atoms with Crippen LogP contribution >= 0.6 is 0 Å². The summed E-state index contributed by atoms with van der Waals surface area (Å²) in [5, 5.41) is 8.60. The smallest absolute Gasteiger partial charge is 0.303 e. The average molecular weight is 253 g/mol. The van der Waals surface area contributed by atoms with Crippen molar-refractivity contribution in [3.05, 3.63) is 0 Å². The topological polar surface area (TPSA) is 74.7 Å². The normalized spacial score (nSPS) is 30.3. The molecule has 3 unspecified atom stereocenters. The lowest BCUT2D eigenvalue weighted by atomic mass is 10.0. The van der Waals surface area contributed by atoms with Crippen molar-refractivity contribution < 1.29 is 19.5 Å². The second-order valence-corrected chi connectivity index (χ2v) is 6.10. The van der Waals surface area contributed by atoms with Crippen molar-refractivity contribution in [2.24, 2.45) is 23.2 Å². The van der Waals surface area contributed by atoms with Crippen molar-refractivity contribution in [2.45, 2.75) is 33.6 Å². The van der Waals surface area contributed by atoms with Crippen molar-refractivity contribution in [3.63, 3.8) is 0 Å². The van der Waals surface area contributed by atoms with Crippen LogP contribution in [-0.4, -0.2) is 34.3 Å². The van der Waals surface area contributed by atoms with Gasteiger partial charge in [-0.05, 0) is 17.8 Å². The van der Waals surface area contributed by atoms with Gasteiger partial charge in [-0.25, -0.2) is 0 Å². The molecule has 1 heterocycles. The van der Waals surface area contributed by atoms with Crippen LogP contribution in [0.3, 0.4) is 0 Å². The summed E-state index contributed by atoms with van der Waals surface area (Å²) in [6, 6.07) is 0. The lowest BCUT2D eigenvalue weighted by Gasteiger charge is -2.23. The first-order valence-electron chi connectivity index (χ1n) is 6.33. The van der Waals surface area contributed by atoms with Gasteiger partial charge in [0.1, 0.15) is 0 Å². The van der Waals surface area contributed by atoms with Crippen LogP contribution in [0.25, 0.3) is 0 Å². The van der Waals surface area contributed by atoms with E-state index in [1.165, 1.54) is 4.90 Å². The summed E-state index contributed by atoms with van der Waals surface area (Å²) in [4.78, 5) is 35.9. The molecule has 1 aliphatic heterocycles. The summed E-state index contributed by atoms with van der Waals surface area (Å²) in [6.45, 7) is 6.12. The number of carboxylic acid groups (broad SMARTS) is 1. The number of hydrogen-bond acceptors (Lipinski definition) is 3. The van der Waals surface area contributed by atoms with Crippen LogP contribution in [0.1, 0.15) is 33.6 Å². The molecule has 0 bridgehead atoms. The highest BCUT2D eigenvalue weighted by Gasteiger charge is 2.72. The Hall–Kier alpha value is -1.39. The summed E-state index contributed by atoms with van der Waals surface area (Å²) in [6.07, 6.45) is 0.570. The molecule has 2 aliphatic rings. The Morgan fingerprint density at radius 3 is 2.28 bits per heavy atom. The van der Waals surface area contributed by atoms with E-state index in [4.69, 9.17) is 5.11 Å². The van der Waals surface area contributed by atoms with Crippen molar-refractivity contribution >= 4 is 17.8 Å². The molecule has 5 nitrogen and oxygen atoms in total. The molecule has 1 saturated carbocycles. The maximum atomic E-state index is 12.0. The van der Waals surface area contributed by atoms with Gasteiger partial charge in [-0.15, -0.1) is 0 Å². The van der Waals surface area contributed by atoms with E-state index in [9.17, 15) is 14.4 Å². The summed E-state index contributed by atoms with van der Waals surface area (Å²) in [5.74, 6) is -1.23. The molecule has 0 aromatic carbocycles. The highest BCUT2D eigenvalue weighted by molar-refractivity contribution is 6.10. The summed E-state index contributed by atoms with van der Waals surface area (Å²) in [5.41, 5.74) is -0.172. The predicted octanol–water partition coefficient (Wildman–Crippen LogP) is 1.13. The number of carbonyl (C=O) groups is 3. The molecule has 1 aliphatic carbocycles. The van der Waals surface area contributed by atoms with Gasteiger partial charge >= 0.3 is 5.97 Å². The van der Waals surface area contributed by atoms with Gasteiger partial charge in [0.15, 0.2) is 0 Å². The van der Waals surface area contributed by atoms with Crippen LogP contribution in [0.4, 0.5) is 0 Å². The van der Waals surface area contributed by atoms with Crippen LogP contribution in [0.2, 0.25) is 0 Å². The fourth-order valence-electron chi connectivity index (χ4n) is 2.96. The van der Waals surface area contributed by atoms with E-state index in [2.05, 4.69) is 0 Å². The van der Waals surface area contributed by atoms with Crippen LogP contribution in [0, 0.1) is 23.2 Å². The second-order valence-electron chi connectivity index (χ2n) is 6.10. The number of aliphatic carboxylic acids is 1. The van der Waals surface area contributed by atoms with Crippen molar-refractivity contribution in [2.75, 3.05) is 6.54 Å². The summed E-state index contributed by atoms with van der Waals surface area (Å²) < 4.78 is 0. The first kappa shape index (κ1) is 13.1. The number of likely N-dealkylation sites (tertiary alicyclic amines) is 1. The van der Waals surface area contributed by atoms with E-state index < -0.39 is 5.97 Å². The number of carbonyl (C=O) groups excluding carboxylic acids is 2. The average Bonchev–Trinajstić information content (AvgIpc) is 2.73. The van der Waals surface area contributed by atoms with Gasteiger partial charge in [-0.3, -0.25) is 19.3 Å². The fourth-order valence-corrected chi connectivity index (χ4v) is 2.96. The zero-order valence-corrected chi connectivity index (χ0v) is 11.0. The van der Waals surface area contributed by atoms with Crippen molar-refractivity contribution in [1.82, 2.24) is 4.90 Å². The Labute approximate surface area is 106 Å². The molecule has 3 atom stereocenters. The summed E-state index contributed by atoms with van der Waals surface area (Å²) in [7, 11) is 0. The van der Waals surface area contributed by atoms with Gasteiger partial charge in [0, 0.05) is 13.0 Å². The molecule has 1 saturated heterocycles. The van der Waals surface area contributed by atoms with Crippen LogP contribution in [0.15, 0.2) is 0 Å². The van der Waals surface area contributed by atoms with E-state index in [0.717, 1.165) is 0 Å². The number of imide groups is 1. The maximum Gasteiger partial charge on any atom is 0.303 e. The first-order chi connectivity index (χ1) is 8.26. The van der Waals surface area contributed by atoms with Gasteiger partial charge in [0.2, 0.25) is 11.8 Å². The lowest BCUT2D eigenvalue weighted by Crippen LogP contribution is -2.39. The third-order valence-corrected chi connectivity index (χ3v) is 4.24. The molecule has 0 spiro atoms. The molecule has 1 N–H and O–H groups in total. The number of amides is 2. The zero-order chi connectivity index (χ0) is 13.7. The zero-order valence-electron chi connectivity index (χ0n) is 11.0. The van der Waals surface area contributed by atoms with Gasteiger partial charge in [0.25, 0.3) is 0 Å². The quantitative estimate of drug-likeness (QED) is 0.745. The molecule has 18 heavy (non-hydrogen) atoms. The minimum Gasteiger partial charge on any atom is -0.481 e. The SMILES string of the molecule is CC(CCC(=O)O)CN1C(=O)C2C(C1=O)C2(C)C. The second kappa shape index (κ2) is 4.07. The number of fused-ring (bicyclic) bond motifs is 1. The largest absolute Gasteiger partial charge is 0.481 e. The van der Waals surface area contributed by atoms with Crippen LogP contribution in [-0.2, 0) is 14.4 Å². The Morgan fingerprint density at radius 2 is 1.83 bits per heavy atom. The maximum absolute atomic E-state index is 12.0. The standard InChI is InChI=1S/C13H19NO4/c1-7(4-5-8(15)16)6-14-11(17)9-10(12(14)18)13(9,2)3/h7,9-10H,4-6H2,1-3H3,(H,15,16). The molecule has 2 fully saturated rings. The van der Waals surface area contributed by atoms with E-state index >= 15 is 0 Å². The molecule has 0 radical (unpaired) electrons. The van der Waals surface area contributed by atoms with Gasteiger partial charge in [0.05, 0.1) is 11.8 Å².